The topological polar surface area (TPSA) is 101 Å². The number of rotatable bonds is 6. The van der Waals surface area contributed by atoms with Gasteiger partial charge in [-0.3, -0.25) is 19.4 Å². The largest absolute Gasteiger partial charge is 0.497 e. The number of hydrogen-bond donors (Lipinski definition) is 2. The molecule has 2 aromatic carbocycles. The van der Waals surface area contributed by atoms with Crippen molar-refractivity contribution in [2.24, 2.45) is 0 Å². The zero-order valence-corrected chi connectivity index (χ0v) is 20.0. The van der Waals surface area contributed by atoms with Crippen LogP contribution < -0.4 is 21.1 Å². The number of benzene rings is 2. The fraction of sp³-hybridized carbons (Fsp3) is 0.143. The monoisotopic (exact) mass is 479 g/mol. The maximum Gasteiger partial charge on any atom is 0.267 e. The number of carbonyl (C=O) groups excluding carboxylic acids is 1. The van der Waals surface area contributed by atoms with E-state index in [1.807, 2.05) is 55.5 Å². The Morgan fingerprint density at radius 3 is 2.47 bits per heavy atom. The van der Waals surface area contributed by atoms with E-state index in [0.29, 0.717) is 17.8 Å². The van der Waals surface area contributed by atoms with Crippen molar-refractivity contribution in [1.82, 2.24) is 19.3 Å². The van der Waals surface area contributed by atoms with Crippen molar-refractivity contribution in [3.8, 4) is 5.75 Å². The molecule has 3 heterocycles. The molecule has 5 rings (SSSR count). The molecule has 2 N–H and O–H groups in total. The van der Waals surface area contributed by atoms with Crippen LogP contribution in [0.1, 0.15) is 27.0 Å². The molecule has 1 amide bonds. The van der Waals surface area contributed by atoms with Crippen LogP contribution in [-0.4, -0.2) is 27.0 Å². The number of carbonyl (C=O) groups is 1. The van der Waals surface area contributed by atoms with Gasteiger partial charge < -0.3 is 14.6 Å². The minimum atomic E-state index is -0.437. The molecule has 0 radical (unpaired) electrons. The molecule has 0 unspecified atom stereocenters. The molecular weight excluding hydrogens is 454 g/mol. The highest BCUT2D eigenvalue weighted by Gasteiger charge is 2.18. The Bertz CT molecular complexity index is 1700. The van der Waals surface area contributed by atoms with E-state index in [4.69, 9.17) is 10.1 Å². The number of methoxy groups -OCH3 is 1. The van der Waals surface area contributed by atoms with E-state index < -0.39 is 5.91 Å². The summed E-state index contributed by atoms with van der Waals surface area (Å²) in [4.78, 5) is 31.3. The quantitative estimate of drug-likeness (QED) is 0.364. The lowest BCUT2D eigenvalue weighted by molar-refractivity contribution is 0.0948. The van der Waals surface area contributed by atoms with E-state index in [1.54, 1.807) is 36.1 Å². The first kappa shape index (κ1) is 23.0. The number of aromatic nitrogens is 3. The first-order valence-corrected chi connectivity index (χ1v) is 11.5. The predicted molar refractivity (Wildman–Crippen MR) is 137 cm³/mol. The Kier molecular flexibility index (Phi) is 6.08. The second-order valence-electron chi connectivity index (χ2n) is 8.59. The minimum Gasteiger partial charge on any atom is -0.497 e. The average molecular weight is 480 g/mol. The molecule has 0 aliphatic rings. The van der Waals surface area contributed by atoms with Crippen LogP contribution in [0.3, 0.4) is 0 Å². The van der Waals surface area contributed by atoms with Gasteiger partial charge in [-0.15, -0.1) is 0 Å². The SMILES string of the molecule is COc1ccc(CNC(=O)c2cc3c(=O)n4ccccc4nc3n(Cc3ccc(C)cc3)c2=N)cc1. The normalized spacial score (nSPS) is 11.1. The third kappa shape index (κ3) is 4.36. The molecule has 0 fully saturated rings. The summed E-state index contributed by atoms with van der Waals surface area (Å²) in [6.07, 6.45) is 1.65. The Balaban J connectivity index is 1.61. The molecule has 0 saturated carbocycles. The van der Waals surface area contributed by atoms with Gasteiger partial charge >= 0.3 is 0 Å². The van der Waals surface area contributed by atoms with Crippen molar-refractivity contribution in [3.63, 3.8) is 0 Å². The van der Waals surface area contributed by atoms with Gasteiger partial charge in [0.05, 0.1) is 24.6 Å². The number of aryl methyl sites for hydroxylation is 1. The van der Waals surface area contributed by atoms with Crippen molar-refractivity contribution in [2.45, 2.75) is 20.0 Å². The van der Waals surface area contributed by atoms with Gasteiger partial charge in [0.15, 0.2) is 0 Å². The van der Waals surface area contributed by atoms with E-state index >= 15 is 0 Å². The van der Waals surface area contributed by atoms with Crippen molar-refractivity contribution < 1.29 is 9.53 Å². The van der Waals surface area contributed by atoms with Crippen LogP contribution in [0.4, 0.5) is 0 Å². The summed E-state index contributed by atoms with van der Waals surface area (Å²) >= 11 is 0. The first-order valence-electron chi connectivity index (χ1n) is 11.5. The molecule has 0 spiro atoms. The Morgan fingerprint density at radius 1 is 1.03 bits per heavy atom. The van der Waals surface area contributed by atoms with Gasteiger partial charge in [0.1, 0.15) is 22.5 Å². The Morgan fingerprint density at radius 2 is 1.75 bits per heavy atom. The van der Waals surface area contributed by atoms with Crippen molar-refractivity contribution in [3.05, 3.63) is 117 Å². The lowest BCUT2D eigenvalue weighted by atomic mass is 10.1. The molecule has 5 aromatic rings. The fourth-order valence-electron chi connectivity index (χ4n) is 4.11. The zero-order valence-electron chi connectivity index (χ0n) is 20.0. The summed E-state index contributed by atoms with van der Waals surface area (Å²) in [5, 5.41) is 12.0. The number of pyridine rings is 2. The second kappa shape index (κ2) is 9.50. The zero-order chi connectivity index (χ0) is 25.2. The second-order valence-corrected chi connectivity index (χ2v) is 8.59. The molecule has 0 aliphatic carbocycles. The van der Waals surface area contributed by atoms with E-state index in [-0.39, 0.29) is 28.5 Å². The fourth-order valence-corrected chi connectivity index (χ4v) is 4.11. The number of ether oxygens (including phenoxy) is 1. The molecule has 3 aromatic heterocycles. The van der Waals surface area contributed by atoms with Gasteiger partial charge in [-0.1, -0.05) is 48.0 Å². The highest BCUT2D eigenvalue weighted by Crippen LogP contribution is 2.14. The molecule has 0 atom stereocenters. The van der Waals surface area contributed by atoms with Crippen LogP contribution in [0.25, 0.3) is 16.7 Å². The summed E-state index contributed by atoms with van der Waals surface area (Å²) in [6, 6.07) is 22.1. The predicted octanol–water partition coefficient (Wildman–Crippen LogP) is 3.42. The van der Waals surface area contributed by atoms with Crippen LogP contribution in [0.5, 0.6) is 5.75 Å². The molecule has 0 saturated heterocycles. The third-order valence-electron chi connectivity index (χ3n) is 6.14. The van der Waals surface area contributed by atoms with Gasteiger partial charge in [0, 0.05) is 12.7 Å². The van der Waals surface area contributed by atoms with Crippen molar-refractivity contribution in [2.75, 3.05) is 7.11 Å². The van der Waals surface area contributed by atoms with E-state index in [0.717, 1.165) is 22.4 Å². The van der Waals surface area contributed by atoms with Gasteiger partial charge in [-0.25, -0.2) is 4.98 Å². The van der Waals surface area contributed by atoms with Crippen LogP contribution in [-0.2, 0) is 13.1 Å². The summed E-state index contributed by atoms with van der Waals surface area (Å²) < 4.78 is 8.25. The van der Waals surface area contributed by atoms with Crippen LogP contribution in [0.15, 0.2) is 83.8 Å². The summed E-state index contributed by atoms with van der Waals surface area (Å²) in [6.45, 7) is 2.57. The minimum absolute atomic E-state index is 0.0116. The van der Waals surface area contributed by atoms with Crippen LogP contribution in [0, 0.1) is 12.3 Å². The van der Waals surface area contributed by atoms with Crippen molar-refractivity contribution in [1.29, 1.82) is 5.41 Å². The molecule has 36 heavy (non-hydrogen) atoms. The number of fused-ring (bicyclic) bond motifs is 2. The molecular formula is C28H25N5O3. The van der Waals surface area contributed by atoms with E-state index in [9.17, 15) is 9.59 Å². The summed E-state index contributed by atoms with van der Waals surface area (Å²) in [7, 11) is 1.60. The number of nitrogens with zero attached hydrogens (tertiary/aromatic N) is 3. The summed E-state index contributed by atoms with van der Waals surface area (Å²) in [5.74, 6) is 0.290. The lowest BCUT2D eigenvalue weighted by Crippen LogP contribution is -2.35. The molecule has 0 aliphatic heterocycles. The number of hydrogen-bond acceptors (Lipinski definition) is 5. The third-order valence-corrected chi connectivity index (χ3v) is 6.14. The Labute approximate surface area is 207 Å². The maximum atomic E-state index is 13.4. The smallest absolute Gasteiger partial charge is 0.267 e. The summed E-state index contributed by atoms with van der Waals surface area (Å²) in [5.41, 5.74) is 3.59. The highest BCUT2D eigenvalue weighted by atomic mass is 16.5. The highest BCUT2D eigenvalue weighted by molar-refractivity contribution is 5.96. The molecule has 8 heteroatoms. The molecule has 180 valence electrons. The maximum absolute atomic E-state index is 13.4. The van der Waals surface area contributed by atoms with Crippen LogP contribution in [0.2, 0.25) is 0 Å². The molecule has 0 bridgehead atoms. The number of nitrogens with one attached hydrogen (secondary N) is 2. The number of amides is 1. The van der Waals surface area contributed by atoms with E-state index in [2.05, 4.69) is 10.3 Å². The van der Waals surface area contributed by atoms with Gasteiger partial charge in [0.2, 0.25) is 0 Å². The van der Waals surface area contributed by atoms with E-state index in [1.165, 1.54) is 10.5 Å². The lowest BCUT2D eigenvalue weighted by Gasteiger charge is -2.15. The first-order chi connectivity index (χ1) is 17.4. The van der Waals surface area contributed by atoms with Gasteiger partial charge in [0.25, 0.3) is 11.5 Å². The van der Waals surface area contributed by atoms with Crippen molar-refractivity contribution >= 4 is 22.6 Å². The molecule has 8 nitrogen and oxygen atoms in total. The van der Waals surface area contributed by atoms with Gasteiger partial charge in [-0.05, 0) is 48.4 Å². The standard InChI is InChI=1S/C28H25N5O3/c1-18-6-8-20(9-7-18)17-33-25(29)22(27(34)30-16-19-10-12-21(36-2)13-11-19)15-23-26(33)31-24-5-3-4-14-32(24)28(23)35/h3-15,29H,16-17H2,1-2H3,(H,30,34). The van der Waals surface area contributed by atoms with Crippen LogP contribution >= 0.6 is 0 Å². The van der Waals surface area contributed by atoms with Gasteiger partial charge in [-0.2, -0.15) is 0 Å². The average Bonchev–Trinajstić information content (AvgIpc) is 2.90. The Hall–Kier alpha value is -4.72.